The fraction of sp³-hybridized carbons (Fsp3) is 0.154. The molecule has 0 saturated carbocycles. The molecule has 0 aliphatic carbocycles. The van der Waals surface area contributed by atoms with Gasteiger partial charge in [0.2, 0.25) is 10.0 Å². The number of carbonyl (C=O) groups is 1. The minimum atomic E-state index is -3.59. The average Bonchev–Trinajstić information content (AvgIpc) is 3.25. The van der Waals surface area contributed by atoms with Crippen LogP contribution < -0.4 is 14.8 Å². The molecule has 0 unspecified atom stereocenters. The van der Waals surface area contributed by atoms with E-state index in [0.29, 0.717) is 16.5 Å². The Morgan fingerprint density at radius 2 is 1.73 bits per heavy atom. The lowest BCUT2D eigenvalue weighted by Crippen LogP contribution is -2.12. The summed E-state index contributed by atoms with van der Waals surface area (Å²) in [5.41, 5.74) is 1.07. The number of hydrogen-bond donors (Lipinski definition) is 3. The largest absolute Gasteiger partial charge is 0.487 e. The molecule has 8 nitrogen and oxygen atoms in total. The van der Waals surface area contributed by atoms with E-state index in [0.717, 1.165) is 42.0 Å². The first-order chi connectivity index (χ1) is 18.9. The van der Waals surface area contributed by atoms with Crippen molar-refractivity contribution in [3.05, 3.63) is 92.5 Å². The summed E-state index contributed by atoms with van der Waals surface area (Å²) in [6.07, 6.45) is 2.06. The number of anilines is 2. The van der Waals surface area contributed by atoms with Crippen molar-refractivity contribution in [2.75, 3.05) is 22.9 Å². The lowest BCUT2D eigenvalue weighted by Gasteiger charge is -2.12. The molecule has 0 saturated heterocycles. The van der Waals surface area contributed by atoms with E-state index in [4.69, 9.17) is 16.3 Å². The molecule has 1 amide bonds. The highest BCUT2D eigenvalue weighted by Gasteiger charge is 2.21. The Bertz CT molecular complexity index is 1660. The zero-order valence-corrected chi connectivity index (χ0v) is 23.1. The third kappa shape index (κ3) is 7.72. The summed E-state index contributed by atoms with van der Waals surface area (Å²) in [5, 5.41) is 12.4. The highest BCUT2D eigenvalue weighted by molar-refractivity contribution is 7.92. The van der Waals surface area contributed by atoms with Crippen LogP contribution in [0.1, 0.15) is 20.1 Å². The van der Waals surface area contributed by atoms with Gasteiger partial charge in [-0.05, 0) is 42.0 Å². The first-order valence-corrected chi connectivity index (χ1v) is 14.6. The summed E-state index contributed by atoms with van der Waals surface area (Å²) >= 11 is 7.13. The van der Waals surface area contributed by atoms with Crippen molar-refractivity contribution in [1.82, 2.24) is 4.98 Å². The zero-order chi connectivity index (χ0) is 29.0. The SMILES string of the molecule is CS(=O)(=O)Nc1cc(Cl)cc(NC(=O)c2cc(-c3ncc(F)cc3OCc3cc(F)cc(F)c3)c(CCO)s2)c1. The summed E-state index contributed by atoms with van der Waals surface area (Å²) in [6, 6.07) is 9.60. The molecule has 2 aromatic heterocycles. The predicted octanol–water partition coefficient (Wildman–Crippen LogP) is 5.62. The van der Waals surface area contributed by atoms with Crippen molar-refractivity contribution >= 4 is 50.2 Å². The van der Waals surface area contributed by atoms with Gasteiger partial charge in [-0.3, -0.25) is 9.52 Å². The van der Waals surface area contributed by atoms with E-state index in [2.05, 4.69) is 15.0 Å². The number of nitrogens with zero attached hydrogens (tertiary/aromatic N) is 1. The van der Waals surface area contributed by atoms with E-state index in [9.17, 15) is 31.5 Å². The Kier molecular flexibility index (Phi) is 8.98. The van der Waals surface area contributed by atoms with Gasteiger partial charge in [0, 0.05) is 46.3 Å². The molecule has 3 N–H and O–H groups in total. The first-order valence-electron chi connectivity index (χ1n) is 11.5. The monoisotopic (exact) mass is 611 g/mol. The average molecular weight is 612 g/mol. The molecule has 2 heterocycles. The van der Waals surface area contributed by atoms with Crippen molar-refractivity contribution in [3.63, 3.8) is 0 Å². The topological polar surface area (TPSA) is 118 Å². The lowest BCUT2D eigenvalue weighted by molar-refractivity contribution is 0.103. The number of hydrogen-bond acceptors (Lipinski definition) is 7. The fourth-order valence-electron chi connectivity index (χ4n) is 3.74. The van der Waals surface area contributed by atoms with Crippen LogP contribution in [0.15, 0.2) is 54.7 Å². The van der Waals surface area contributed by atoms with Crippen LogP contribution in [0.25, 0.3) is 11.3 Å². The van der Waals surface area contributed by atoms with Gasteiger partial charge in [0.1, 0.15) is 35.5 Å². The standard InChI is InChI=1S/C26H21ClF3N3O5S2/c1-40(36,37)33-20-7-15(27)6-19(10-20)32-26(35)24-11-21(23(39-24)2-3-34)25-22(9-18(30)12-31-25)38-13-14-4-16(28)8-17(29)5-14/h4-12,33-34H,2-3,13H2,1H3,(H,32,35). The lowest BCUT2D eigenvalue weighted by atomic mass is 10.1. The quantitative estimate of drug-likeness (QED) is 0.214. The second-order valence-corrected chi connectivity index (χ2v) is 11.9. The Morgan fingerprint density at radius 1 is 1.02 bits per heavy atom. The molecule has 14 heteroatoms. The second-order valence-electron chi connectivity index (χ2n) is 8.54. The van der Waals surface area contributed by atoms with E-state index in [1.807, 2.05) is 0 Å². The Balaban J connectivity index is 1.64. The number of pyridine rings is 1. The number of carbonyl (C=O) groups excluding carboxylic acids is 1. The van der Waals surface area contributed by atoms with Gasteiger partial charge in [-0.1, -0.05) is 11.6 Å². The number of aliphatic hydroxyl groups excluding tert-OH is 1. The van der Waals surface area contributed by atoms with Crippen LogP contribution in [0, 0.1) is 17.5 Å². The van der Waals surface area contributed by atoms with Crippen molar-refractivity contribution in [2.45, 2.75) is 13.0 Å². The van der Waals surface area contributed by atoms with Crippen LogP contribution >= 0.6 is 22.9 Å². The number of nitrogens with one attached hydrogen (secondary N) is 2. The number of rotatable bonds is 10. The number of halogens is 4. The molecule has 0 fully saturated rings. The second kappa shape index (κ2) is 12.3. The number of aliphatic hydroxyl groups is 1. The van der Waals surface area contributed by atoms with Crippen LogP contribution in [0.2, 0.25) is 5.02 Å². The maximum absolute atomic E-state index is 14.1. The molecular formula is C26H21ClF3N3O5S2. The Morgan fingerprint density at radius 3 is 2.40 bits per heavy atom. The predicted molar refractivity (Wildman–Crippen MR) is 147 cm³/mol. The fourth-order valence-corrected chi connectivity index (χ4v) is 5.57. The molecule has 0 aliphatic heterocycles. The van der Waals surface area contributed by atoms with Crippen LogP contribution in [0.5, 0.6) is 5.75 Å². The molecule has 0 bridgehead atoms. The maximum atomic E-state index is 14.1. The maximum Gasteiger partial charge on any atom is 0.265 e. The third-order valence-electron chi connectivity index (χ3n) is 5.22. The molecule has 0 atom stereocenters. The molecule has 0 aliphatic rings. The van der Waals surface area contributed by atoms with E-state index in [-0.39, 0.29) is 57.9 Å². The molecule has 0 spiro atoms. The van der Waals surface area contributed by atoms with Gasteiger partial charge in [-0.2, -0.15) is 0 Å². The van der Waals surface area contributed by atoms with E-state index in [1.54, 1.807) is 0 Å². The summed E-state index contributed by atoms with van der Waals surface area (Å²) in [7, 11) is -3.59. The summed E-state index contributed by atoms with van der Waals surface area (Å²) in [5.74, 6) is -2.93. The highest BCUT2D eigenvalue weighted by Crippen LogP contribution is 2.37. The van der Waals surface area contributed by atoms with Crippen LogP contribution in [-0.4, -0.2) is 37.3 Å². The van der Waals surface area contributed by atoms with Crippen molar-refractivity contribution in [3.8, 4) is 17.0 Å². The number of ether oxygens (including phenoxy) is 1. The first kappa shape index (κ1) is 29.3. The van der Waals surface area contributed by atoms with Crippen LogP contribution in [-0.2, 0) is 23.1 Å². The van der Waals surface area contributed by atoms with Crippen molar-refractivity contribution in [2.24, 2.45) is 0 Å². The zero-order valence-electron chi connectivity index (χ0n) is 20.7. The van der Waals surface area contributed by atoms with Gasteiger partial charge in [-0.15, -0.1) is 11.3 Å². The molecular weight excluding hydrogens is 591 g/mol. The number of thiophene rings is 1. The molecule has 2 aromatic carbocycles. The van der Waals surface area contributed by atoms with Crippen molar-refractivity contribution < 1.29 is 36.2 Å². The molecule has 40 heavy (non-hydrogen) atoms. The summed E-state index contributed by atoms with van der Waals surface area (Å²) < 4.78 is 72.4. The number of benzene rings is 2. The van der Waals surface area contributed by atoms with E-state index < -0.39 is 33.4 Å². The molecule has 210 valence electrons. The Labute approximate surface area is 236 Å². The molecule has 4 aromatic rings. The minimum Gasteiger partial charge on any atom is -0.487 e. The highest BCUT2D eigenvalue weighted by atomic mass is 35.5. The third-order valence-corrected chi connectivity index (χ3v) is 7.24. The number of aromatic nitrogens is 1. The molecule has 4 rings (SSSR count). The van der Waals surface area contributed by atoms with Crippen LogP contribution in [0.3, 0.4) is 0 Å². The van der Waals surface area contributed by atoms with Gasteiger partial charge in [0.25, 0.3) is 5.91 Å². The van der Waals surface area contributed by atoms with Gasteiger partial charge >= 0.3 is 0 Å². The van der Waals surface area contributed by atoms with E-state index >= 15 is 0 Å². The van der Waals surface area contributed by atoms with Gasteiger partial charge in [0.15, 0.2) is 0 Å². The van der Waals surface area contributed by atoms with Gasteiger partial charge in [0.05, 0.1) is 23.0 Å². The van der Waals surface area contributed by atoms with Crippen LogP contribution in [0.4, 0.5) is 24.5 Å². The minimum absolute atomic E-state index is 0.0417. The number of amides is 1. The van der Waals surface area contributed by atoms with Crippen molar-refractivity contribution in [1.29, 1.82) is 0 Å². The Hall–Kier alpha value is -3.65. The summed E-state index contributed by atoms with van der Waals surface area (Å²) in [4.78, 5) is 18.0. The summed E-state index contributed by atoms with van der Waals surface area (Å²) in [6.45, 7) is -0.554. The number of sulfonamides is 1. The van der Waals surface area contributed by atoms with Gasteiger partial charge < -0.3 is 15.2 Å². The normalized spacial score (nSPS) is 11.3. The molecule has 0 radical (unpaired) electrons. The van der Waals surface area contributed by atoms with Gasteiger partial charge in [-0.25, -0.2) is 26.6 Å². The smallest absolute Gasteiger partial charge is 0.265 e. The van der Waals surface area contributed by atoms with E-state index in [1.165, 1.54) is 24.3 Å².